The van der Waals surface area contributed by atoms with Gasteiger partial charge >= 0.3 is 0 Å². The molecule has 3 aromatic carbocycles. The van der Waals surface area contributed by atoms with Gasteiger partial charge in [-0.2, -0.15) is 0 Å². The van der Waals surface area contributed by atoms with Crippen molar-refractivity contribution in [1.82, 2.24) is 0 Å². The third-order valence-electron chi connectivity index (χ3n) is 3.87. The first-order valence-electron chi connectivity index (χ1n) is 7.39. The van der Waals surface area contributed by atoms with Crippen LogP contribution in [0.2, 0.25) is 0 Å². The lowest BCUT2D eigenvalue weighted by Gasteiger charge is -2.11. The van der Waals surface area contributed by atoms with Crippen molar-refractivity contribution < 1.29 is 10.2 Å². The van der Waals surface area contributed by atoms with Crippen LogP contribution in [0.15, 0.2) is 66.7 Å². The molecule has 0 aliphatic rings. The third kappa shape index (κ3) is 2.82. The molecular formula is C20H18O2. The van der Waals surface area contributed by atoms with Gasteiger partial charge in [0.1, 0.15) is 11.5 Å². The van der Waals surface area contributed by atoms with Crippen LogP contribution in [-0.2, 0) is 6.42 Å². The van der Waals surface area contributed by atoms with E-state index in [0.29, 0.717) is 0 Å². The highest BCUT2D eigenvalue weighted by atomic mass is 16.3. The van der Waals surface area contributed by atoms with Crippen LogP contribution >= 0.6 is 0 Å². The third-order valence-corrected chi connectivity index (χ3v) is 3.87. The van der Waals surface area contributed by atoms with E-state index >= 15 is 0 Å². The van der Waals surface area contributed by atoms with E-state index in [0.717, 1.165) is 23.1 Å². The standard InChI is InChI=1S/C20H18O2/c1-2-14-3-4-17(15-5-9-18(21)10-6-15)13-20(14)16-7-11-19(22)12-8-16/h3-13,21-22H,2H2,1H3. The van der Waals surface area contributed by atoms with Crippen molar-refractivity contribution in [2.24, 2.45) is 0 Å². The highest BCUT2D eigenvalue weighted by Crippen LogP contribution is 2.31. The van der Waals surface area contributed by atoms with Gasteiger partial charge in [-0.25, -0.2) is 0 Å². The van der Waals surface area contributed by atoms with Crippen LogP contribution in [0, 0.1) is 0 Å². The smallest absolute Gasteiger partial charge is 0.115 e. The Kier molecular flexibility index (Phi) is 3.84. The average molecular weight is 290 g/mol. The Hall–Kier alpha value is -2.74. The molecule has 2 nitrogen and oxygen atoms in total. The predicted octanol–water partition coefficient (Wildman–Crippen LogP) is 4.99. The van der Waals surface area contributed by atoms with E-state index in [2.05, 4.69) is 25.1 Å². The number of rotatable bonds is 3. The fourth-order valence-electron chi connectivity index (χ4n) is 2.63. The van der Waals surface area contributed by atoms with Crippen LogP contribution in [0.1, 0.15) is 12.5 Å². The summed E-state index contributed by atoms with van der Waals surface area (Å²) < 4.78 is 0. The molecule has 0 amide bonds. The molecule has 2 heteroatoms. The second-order valence-corrected chi connectivity index (χ2v) is 5.32. The molecule has 0 aromatic heterocycles. The average Bonchev–Trinajstić information content (AvgIpc) is 2.56. The fourth-order valence-corrected chi connectivity index (χ4v) is 2.63. The van der Waals surface area contributed by atoms with Gasteiger partial charge in [0, 0.05) is 0 Å². The topological polar surface area (TPSA) is 40.5 Å². The van der Waals surface area contributed by atoms with Crippen molar-refractivity contribution in [1.29, 1.82) is 0 Å². The van der Waals surface area contributed by atoms with Gasteiger partial charge in [0.25, 0.3) is 0 Å². The van der Waals surface area contributed by atoms with Crippen LogP contribution in [0.5, 0.6) is 11.5 Å². The molecule has 0 atom stereocenters. The van der Waals surface area contributed by atoms with Crippen molar-refractivity contribution in [3.63, 3.8) is 0 Å². The lowest BCUT2D eigenvalue weighted by atomic mass is 9.93. The summed E-state index contributed by atoms with van der Waals surface area (Å²) in [6.45, 7) is 2.14. The summed E-state index contributed by atoms with van der Waals surface area (Å²) in [7, 11) is 0. The minimum atomic E-state index is 0.271. The Morgan fingerprint density at radius 1 is 0.636 bits per heavy atom. The Morgan fingerprint density at radius 3 is 1.68 bits per heavy atom. The zero-order chi connectivity index (χ0) is 15.5. The maximum absolute atomic E-state index is 9.46. The highest BCUT2D eigenvalue weighted by Gasteiger charge is 2.07. The largest absolute Gasteiger partial charge is 0.508 e. The van der Waals surface area contributed by atoms with E-state index in [9.17, 15) is 10.2 Å². The van der Waals surface area contributed by atoms with E-state index in [1.807, 2.05) is 24.3 Å². The molecule has 0 aliphatic carbocycles. The number of aromatic hydroxyl groups is 2. The summed E-state index contributed by atoms with van der Waals surface area (Å²) in [5, 5.41) is 18.9. The normalized spacial score (nSPS) is 10.6. The Labute approximate surface area is 130 Å². The number of phenolic OH excluding ortho intramolecular Hbond substituents is 2. The summed E-state index contributed by atoms with van der Waals surface area (Å²) in [5.41, 5.74) is 5.72. The predicted molar refractivity (Wildman–Crippen MR) is 90.0 cm³/mol. The minimum absolute atomic E-state index is 0.271. The summed E-state index contributed by atoms with van der Waals surface area (Å²) >= 11 is 0. The van der Waals surface area contributed by atoms with Gasteiger partial charge in [-0.15, -0.1) is 0 Å². The van der Waals surface area contributed by atoms with Crippen LogP contribution in [0.3, 0.4) is 0 Å². The number of hydrogen-bond donors (Lipinski definition) is 2. The zero-order valence-electron chi connectivity index (χ0n) is 12.5. The summed E-state index contributed by atoms with van der Waals surface area (Å²) in [6, 6.07) is 20.9. The molecular weight excluding hydrogens is 272 g/mol. The van der Waals surface area contributed by atoms with E-state index < -0.39 is 0 Å². The molecule has 3 aromatic rings. The number of hydrogen-bond acceptors (Lipinski definition) is 2. The van der Waals surface area contributed by atoms with E-state index in [4.69, 9.17) is 0 Å². The monoisotopic (exact) mass is 290 g/mol. The molecule has 0 saturated heterocycles. The molecule has 3 rings (SSSR count). The Balaban J connectivity index is 2.10. The molecule has 0 radical (unpaired) electrons. The van der Waals surface area contributed by atoms with Gasteiger partial charge in [0.15, 0.2) is 0 Å². The molecule has 0 fully saturated rings. The van der Waals surface area contributed by atoms with E-state index in [-0.39, 0.29) is 11.5 Å². The van der Waals surface area contributed by atoms with Crippen molar-refractivity contribution >= 4 is 0 Å². The first-order chi connectivity index (χ1) is 10.7. The van der Waals surface area contributed by atoms with E-state index in [1.54, 1.807) is 24.3 Å². The van der Waals surface area contributed by atoms with Gasteiger partial charge in [-0.3, -0.25) is 0 Å². The van der Waals surface area contributed by atoms with Crippen molar-refractivity contribution in [3.05, 3.63) is 72.3 Å². The van der Waals surface area contributed by atoms with Crippen molar-refractivity contribution in [2.75, 3.05) is 0 Å². The minimum Gasteiger partial charge on any atom is -0.508 e. The molecule has 2 N–H and O–H groups in total. The second kappa shape index (κ2) is 5.94. The molecule has 0 heterocycles. The Bertz CT molecular complexity index is 772. The molecule has 0 aliphatic heterocycles. The highest BCUT2D eigenvalue weighted by molar-refractivity contribution is 5.76. The van der Waals surface area contributed by atoms with Gasteiger partial charge in [0.2, 0.25) is 0 Å². The van der Waals surface area contributed by atoms with Crippen molar-refractivity contribution in [2.45, 2.75) is 13.3 Å². The van der Waals surface area contributed by atoms with Gasteiger partial charge in [-0.1, -0.05) is 43.3 Å². The van der Waals surface area contributed by atoms with Crippen LogP contribution in [0.25, 0.3) is 22.3 Å². The quantitative estimate of drug-likeness (QED) is 0.713. The second-order valence-electron chi connectivity index (χ2n) is 5.32. The number of aryl methyl sites for hydroxylation is 1. The fraction of sp³-hybridized carbons (Fsp3) is 0.100. The van der Waals surface area contributed by atoms with E-state index in [1.165, 1.54) is 11.1 Å². The molecule has 0 unspecified atom stereocenters. The molecule has 22 heavy (non-hydrogen) atoms. The Morgan fingerprint density at radius 2 is 1.14 bits per heavy atom. The lowest BCUT2D eigenvalue weighted by molar-refractivity contribution is 0.475. The van der Waals surface area contributed by atoms with Gasteiger partial charge in [0.05, 0.1) is 0 Å². The number of phenols is 2. The maximum Gasteiger partial charge on any atom is 0.115 e. The van der Waals surface area contributed by atoms with Crippen LogP contribution < -0.4 is 0 Å². The SMILES string of the molecule is CCc1ccc(-c2ccc(O)cc2)cc1-c1ccc(O)cc1. The molecule has 0 saturated carbocycles. The first-order valence-corrected chi connectivity index (χ1v) is 7.39. The number of benzene rings is 3. The van der Waals surface area contributed by atoms with Crippen LogP contribution in [-0.4, -0.2) is 10.2 Å². The van der Waals surface area contributed by atoms with Crippen LogP contribution in [0.4, 0.5) is 0 Å². The van der Waals surface area contributed by atoms with Gasteiger partial charge < -0.3 is 10.2 Å². The molecule has 0 bridgehead atoms. The first kappa shape index (κ1) is 14.2. The summed E-state index contributed by atoms with van der Waals surface area (Å²) in [4.78, 5) is 0. The lowest BCUT2D eigenvalue weighted by Crippen LogP contribution is -1.89. The maximum atomic E-state index is 9.46. The molecule has 110 valence electrons. The summed E-state index contributed by atoms with van der Waals surface area (Å²) in [6.07, 6.45) is 0.950. The summed E-state index contributed by atoms with van der Waals surface area (Å²) in [5.74, 6) is 0.546. The molecule has 0 spiro atoms. The zero-order valence-corrected chi connectivity index (χ0v) is 12.5. The van der Waals surface area contributed by atoms with Crippen molar-refractivity contribution in [3.8, 4) is 33.8 Å². The van der Waals surface area contributed by atoms with Gasteiger partial charge in [-0.05, 0) is 64.6 Å².